The van der Waals surface area contributed by atoms with Gasteiger partial charge in [-0.15, -0.1) is 0 Å². The van der Waals surface area contributed by atoms with Crippen LogP contribution in [0.15, 0.2) is 42.5 Å². The second kappa shape index (κ2) is 8.52. The zero-order chi connectivity index (χ0) is 19.3. The molecule has 5 nitrogen and oxygen atoms in total. The Balaban J connectivity index is 2.13. The summed E-state index contributed by atoms with van der Waals surface area (Å²) in [7, 11) is 1.57. The van der Waals surface area contributed by atoms with Gasteiger partial charge in [-0.05, 0) is 61.2 Å². The second-order valence-corrected chi connectivity index (χ2v) is 6.73. The Kier molecular flexibility index (Phi) is 6.39. The molecule has 0 bridgehead atoms. The van der Waals surface area contributed by atoms with Crippen molar-refractivity contribution in [1.82, 2.24) is 5.32 Å². The van der Waals surface area contributed by atoms with Crippen molar-refractivity contribution < 1.29 is 14.3 Å². The van der Waals surface area contributed by atoms with Gasteiger partial charge in [0.25, 0.3) is 5.91 Å². The first kappa shape index (κ1) is 19.5. The molecule has 0 saturated carbocycles. The number of hydrogen-bond donors (Lipinski definition) is 2. The number of nitrogens with one attached hydrogen (secondary N) is 2. The molecule has 2 rings (SSSR count). The Morgan fingerprint density at radius 2 is 1.65 bits per heavy atom. The summed E-state index contributed by atoms with van der Waals surface area (Å²) in [6.07, 6.45) is 0. The Labute approximate surface area is 154 Å². The van der Waals surface area contributed by atoms with E-state index < -0.39 is 6.04 Å². The van der Waals surface area contributed by atoms with Crippen molar-refractivity contribution in [2.75, 3.05) is 12.4 Å². The first-order valence-corrected chi connectivity index (χ1v) is 8.65. The fourth-order valence-corrected chi connectivity index (χ4v) is 2.58. The topological polar surface area (TPSA) is 67.4 Å². The van der Waals surface area contributed by atoms with Crippen LogP contribution in [0.3, 0.4) is 0 Å². The van der Waals surface area contributed by atoms with Gasteiger partial charge in [-0.1, -0.05) is 26.0 Å². The molecule has 0 aliphatic rings. The molecule has 0 saturated heterocycles. The molecule has 2 aromatic rings. The van der Waals surface area contributed by atoms with Crippen LogP contribution >= 0.6 is 0 Å². The molecule has 26 heavy (non-hydrogen) atoms. The van der Waals surface area contributed by atoms with Gasteiger partial charge in [0.2, 0.25) is 5.91 Å². The molecule has 0 heterocycles. The molecular formula is C21H26N2O3. The number of carbonyl (C=O) groups excluding carboxylic acids is 2. The first-order valence-electron chi connectivity index (χ1n) is 8.65. The van der Waals surface area contributed by atoms with Gasteiger partial charge < -0.3 is 15.4 Å². The van der Waals surface area contributed by atoms with Gasteiger partial charge in [-0.2, -0.15) is 0 Å². The van der Waals surface area contributed by atoms with E-state index in [-0.39, 0.29) is 17.7 Å². The molecule has 5 heteroatoms. The van der Waals surface area contributed by atoms with E-state index in [1.54, 1.807) is 31.4 Å². The number of ether oxygens (including phenoxy) is 1. The number of anilines is 1. The lowest BCUT2D eigenvalue weighted by Crippen LogP contribution is -2.47. The van der Waals surface area contributed by atoms with E-state index in [0.717, 1.165) is 16.8 Å². The summed E-state index contributed by atoms with van der Waals surface area (Å²) in [5.74, 6) is 0.106. The molecular weight excluding hydrogens is 328 g/mol. The van der Waals surface area contributed by atoms with Crippen LogP contribution in [0.4, 0.5) is 5.69 Å². The van der Waals surface area contributed by atoms with Crippen LogP contribution in [0, 0.1) is 19.8 Å². The van der Waals surface area contributed by atoms with Crippen LogP contribution in [0.2, 0.25) is 0 Å². The lowest BCUT2D eigenvalue weighted by atomic mass is 10.0. The minimum Gasteiger partial charge on any atom is -0.497 e. The maximum atomic E-state index is 12.7. The molecule has 2 amide bonds. The quantitative estimate of drug-likeness (QED) is 0.831. The lowest BCUT2D eigenvalue weighted by molar-refractivity contribution is -0.118. The van der Waals surface area contributed by atoms with E-state index >= 15 is 0 Å². The van der Waals surface area contributed by atoms with E-state index in [1.165, 1.54) is 0 Å². The fraction of sp³-hybridized carbons (Fsp3) is 0.333. The van der Waals surface area contributed by atoms with Crippen LogP contribution in [0.25, 0.3) is 0 Å². The summed E-state index contributed by atoms with van der Waals surface area (Å²) in [4.78, 5) is 25.2. The molecule has 0 radical (unpaired) electrons. The van der Waals surface area contributed by atoms with Crippen molar-refractivity contribution in [1.29, 1.82) is 0 Å². The van der Waals surface area contributed by atoms with Gasteiger partial charge in [0.15, 0.2) is 0 Å². The maximum Gasteiger partial charge on any atom is 0.251 e. The molecule has 1 unspecified atom stereocenters. The summed E-state index contributed by atoms with van der Waals surface area (Å²) in [5.41, 5.74) is 3.29. The first-order chi connectivity index (χ1) is 12.3. The van der Waals surface area contributed by atoms with Gasteiger partial charge in [-0.3, -0.25) is 9.59 Å². The van der Waals surface area contributed by atoms with Gasteiger partial charge >= 0.3 is 0 Å². The van der Waals surface area contributed by atoms with Gasteiger partial charge in [-0.25, -0.2) is 0 Å². The largest absolute Gasteiger partial charge is 0.497 e. The molecule has 0 spiro atoms. The third kappa shape index (κ3) is 4.85. The van der Waals surface area contributed by atoms with Gasteiger partial charge in [0, 0.05) is 11.3 Å². The fourth-order valence-electron chi connectivity index (χ4n) is 2.58. The number of aryl methyl sites for hydroxylation is 2. The second-order valence-electron chi connectivity index (χ2n) is 6.73. The molecule has 0 aromatic heterocycles. The minimum atomic E-state index is -0.635. The number of carbonyl (C=O) groups is 2. The zero-order valence-corrected chi connectivity index (χ0v) is 15.9. The SMILES string of the molecule is COc1ccc(C(=O)NC(C(=O)Nc2cc(C)ccc2C)C(C)C)cc1. The van der Waals surface area contributed by atoms with Gasteiger partial charge in [0.05, 0.1) is 7.11 Å². The summed E-state index contributed by atoms with van der Waals surface area (Å²) < 4.78 is 5.10. The highest BCUT2D eigenvalue weighted by atomic mass is 16.5. The number of amides is 2. The molecule has 2 N–H and O–H groups in total. The van der Waals surface area contributed by atoms with E-state index in [4.69, 9.17) is 4.74 Å². The predicted molar refractivity (Wildman–Crippen MR) is 104 cm³/mol. The number of benzene rings is 2. The summed E-state index contributed by atoms with van der Waals surface area (Å²) >= 11 is 0. The molecule has 0 aliphatic carbocycles. The highest BCUT2D eigenvalue weighted by molar-refractivity contribution is 6.01. The normalized spacial score (nSPS) is 11.8. The van der Waals surface area contributed by atoms with Crippen LogP contribution in [-0.2, 0) is 4.79 Å². The molecule has 2 aromatic carbocycles. The molecule has 0 fully saturated rings. The average molecular weight is 354 g/mol. The zero-order valence-electron chi connectivity index (χ0n) is 15.9. The van der Waals surface area contributed by atoms with Gasteiger partial charge in [0.1, 0.15) is 11.8 Å². The Morgan fingerprint density at radius 3 is 2.23 bits per heavy atom. The summed E-state index contributed by atoms with van der Waals surface area (Å²) in [5, 5.41) is 5.77. The minimum absolute atomic E-state index is 0.0534. The molecule has 1 atom stereocenters. The van der Waals surface area contributed by atoms with E-state index in [2.05, 4.69) is 10.6 Å². The summed E-state index contributed by atoms with van der Waals surface area (Å²) in [6.45, 7) is 7.72. The van der Waals surface area contributed by atoms with Crippen LogP contribution < -0.4 is 15.4 Å². The van der Waals surface area contributed by atoms with Crippen molar-refractivity contribution in [2.45, 2.75) is 33.7 Å². The van der Waals surface area contributed by atoms with Crippen molar-refractivity contribution in [3.63, 3.8) is 0 Å². The highest BCUT2D eigenvalue weighted by Gasteiger charge is 2.25. The highest BCUT2D eigenvalue weighted by Crippen LogP contribution is 2.18. The Hall–Kier alpha value is -2.82. The number of hydrogen-bond acceptors (Lipinski definition) is 3. The van der Waals surface area contributed by atoms with Crippen molar-refractivity contribution in [2.24, 2.45) is 5.92 Å². The van der Waals surface area contributed by atoms with Crippen molar-refractivity contribution in [3.05, 3.63) is 59.2 Å². The monoisotopic (exact) mass is 354 g/mol. The third-order valence-corrected chi connectivity index (χ3v) is 4.24. The van der Waals surface area contributed by atoms with E-state index in [9.17, 15) is 9.59 Å². The summed E-state index contributed by atoms with van der Waals surface area (Å²) in [6, 6.07) is 12.0. The van der Waals surface area contributed by atoms with E-state index in [0.29, 0.717) is 11.3 Å². The van der Waals surface area contributed by atoms with Crippen molar-refractivity contribution >= 4 is 17.5 Å². The van der Waals surface area contributed by atoms with Crippen molar-refractivity contribution in [3.8, 4) is 5.75 Å². The Bertz CT molecular complexity index is 782. The maximum absolute atomic E-state index is 12.7. The van der Waals surface area contributed by atoms with E-state index in [1.807, 2.05) is 45.9 Å². The smallest absolute Gasteiger partial charge is 0.251 e. The number of methoxy groups -OCH3 is 1. The number of rotatable bonds is 6. The molecule has 138 valence electrons. The lowest BCUT2D eigenvalue weighted by Gasteiger charge is -2.22. The third-order valence-electron chi connectivity index (χ3n) is 4.24. The standard InChI is InChI=1S/C21H26N2O3/c1-13(2)19(21(25)22-18-12-14(3)6-7-15(18)4)23-20(24)16-8-10-17(26-5)11-9-16/h6-13,19H,1-5H3,(H,22,25)(H,23,24). The Morgan fingerprint density at radius 1 is 1.00 bits per heavy atom. The predicted octanol–water partition coefficient (Wildman–Crippen LogP) is 3.71. The molecule has 0 aliphatic heterocycles. The van der Waals surface area contributed by atoms with Crippen LogP contribution in [-0.4, -0.2) is 25.0 Å². The average Bonchev–Trinajstić information content (AvgIpc) is 2.62. The van der Waals surface area contributed by atoms with Crippen LogP contribution in [0.5, 0.6) is 5.75 Å². The van der Waals surface area contributed by atoms with Crippen LogP contribution in [0.1, 0.15) is 35.3 Å².